The molecule has 0 aromatic heterocycles. The lowest BCUT2D eigenvalue weighted by atomic mass is 10.1. The predicted octanol–water partition coefficient (Wildman–Crippen LogP) is 3.74. The Morgan fingerprint density at radius 1 is 1.08 bits per heavy atom. The number of carbonyl (C=O) groups is 1. The molecule has 0 atom stereocenters. The molecule has 3 rings (SSSR count). The molecule has 0 unspecified atom stereocenters. The molecule has 2 amide bonds. The van der Waals surface area contributed by atoms with Crippen LogP contribution in [0.4, 0.5) is 10.5 Å². The summed E-state index contributed by atoms with van der Waals surface area (Å²) < 4.78 is 5.41. The SMILES string of the molecule is COc1ccccc1CCN1CCN(C(=O)Nc2ccccc2Cl)CC1. The second-order valence-corrected chi connectivity index (χ2v) is 6.71. The van der Waals surface area contributed by atoms with Crippen LogP contribution in [-0.2, 0) is 6.42 Å². The first-order valence-electron chi connectivity index (χ1n) is 8.82. The lowest BCUT2D eigenvalue weighted by Gasteiger charge is -2.34. The fraction of sp³-hybridized carbons (Fsp3) is 0.350. The summed E-state index contributed by atoms with van der Waals surface area (Å²) in [5.74, 6) is 0.935. The largest absolute Gasteiger partial charge is 0.496 e. The number of benzene rings is 2. The molecule has 2 aromatic carbocycles. The zero-order valence-corrected chi connectivity index (χ0v) is 15.7. The third kappa shape index (κ3) is 4.68. The number of anilines is 1. The van der Waals surface area contributed by atoms with Gasteiger partial charge in [-0.2, -0.15) is 0 Å². The molecule has 0 saturated carbocycles. The van der Waals surface area contributed by atoms with Crippen LogP contribution in [0.25, 0.3) is 0 Å². The monoisotopic (exact) mass is 373 g/mol. The van der Waals surface area contributed by atoms with E-state index < -0.39 is 0 Å². The average Bonchev–Trinajstić information content (AvgIpc) is 2.68. The van der Waals surface area contributed by atoms with Crippen molar-refractivity contribution in [2.75, 3.05) is 45.2 Å². The van der Waals surface area contributed by atoms with E-state index in [4.69, 9.17) is 16.3 Å². The van der Waals surface area contributed by atoms with Crippen molar-refractivity contribution in [3.05, 3.63) is 59.1 Å². The molecule has 0 aliphatic carbocycles. The Bertz CT molecular complexity index is 745. The van der Waals surface area contributed by atoms with Crippen molar-refractivity contribution in [1.29, 1.82) is 0 Å². The van der Waals surface area contributed by atoms with Crippen molar-refractivity contribution in [3.63, 3.8) is 0 Å². The third-order valence-corrected chi connectivity index (χ3v) is 4.99. The topological polar surface area (TPSA) is 44.8 Å². The molecular formula is C20H24ClN3O2. The van der Waals surface area contributed by atoms with Gasteiger partial charge in [-0.05, 0) is 30.2 Å². The van der Waals surface area contributed by atoms with Gasteiger partial charge in [0.2, 0.25) is 0 Å². The van der Waals surface area contributed by atoms with Crippen LogP contribution >= 0.6 is 11.6 Å². The van der Waals surface area contributed by atoms with Crippen LogP contribution in [0.1, 0.15) is 5.56 Å². The summed E-state index contributed by atoms with van der Waals surface area (Å²) in [5, 5.41) is 3.44. The van der Waals surface area contributed by atoms with Crippen molar-refractivity contribution in [2.24, 2.45) is 0 Å². The van der Waals surface area contributed by atoms with Crippen LogP contribution in [0.5, 0.6) is 5.75 Å². The molecule has 6 heteroatoms. The van der Waals surface area contributed by atoms with E-state index in [9.17, 15) is 4.79 Å². The standard InChI is InChI=1S/C20H24ClN3O2/c1-26-19-9-5-2-6-16(19)10-11-23-12-14-24(15-13-23)20(25)22-18-8-4-3-7-17(18)21/h2-9H,10-15H2,1H3,(H,22,25). The minimum Gasteiger partial charge on any atom is -0.496 e. The van der Waals surface area contributed by atoms with Gasteiger partial charge in [0, 0.05) is 32.7 Å². The number of para-hydroxylation sites is 2. The van der Waals surface area contributed by atoms with E-state index in [0.29, 0.717) is 23.8 Å². The van der Waals surface area contributed by atoms with Gasteiger partial charge in [0.1, 0.15) is 5.75 Å². The van der Waals surface area contributed by atoms with Crippen molar-refractivity contribution in [2.45, 2.75) is 6.42 Å². The van der Waals surface area contributed by atoms with Crippen LogP contribution in [0, 0.1) is 0 Å². The first-order valence-corrected chi connectivity index (χ1v) is 9.20. The van der Waals surface area contributed by atoms with Gasteiger partial charge >= 0.3 is 6.03 Å². The Kier molecular flexibility index (Phi) is 6.36. The summed E-state index contributed by atoms with van der Waals surface area (Å²) in [4.78, 5) is 16.6. The smallest absolute Gasteiger partial charge is 0.321 e. The third-order valence-electron chi connectivity index (χ3n) is 4.66. The molecule has 0 radical (unpaired) electrons. The Labute approximate surface area is 159 Å². The molecule has 5 nitrogen and oxygen atoms in total. The van der Waals surface area contributed by atoms with Gasteiger partial charge in [-0.3, -0.25) is 4.90 Å². The Balaban J connectivity index is 1.47. The van der Waals surface area contributed by atoms with E-state index in [2.05, 4.69) is 16.3 Å². The normalized spacial score (nSPS) is 14.9. The number of amides is 2. The first kappa shape index (κ1) is 18.5. The van der Waals surface area contributed by atoms with Gasteiger partial charge < -0.3 is 15.0 Å². The van der Waals surface area contributed by atoms with Crippen molar-refractivity contribution >= 4 is 23.3 Å². The van der Waals surface area contributed by atoms with Crippen LogP contribution in [-0.4, -0.2) is 55.7 Å². The van der Waals surface area contributed by atoms with Gasteiger partial charge in [0.15, 0.2) is 0 Å². The van der Waals surface area contributed by atoms with E-state index >= 15 is 0 Å². The number of piperazine rings is 1. The first-order chi connectivity index (χ1) is 12.7. The molecule has 138 valence electrons. The summed E-state index contributed by atoms with van der Waals surface area (Å²) in [6.45, 7) is 4.11. The lowest BCUT2D eigenvalue weighted by Crippen LogP contribution is -2.50. The van der Waals surface area contributed by atoms with Crippen LogP contribution in [0.2, 0.25) is 5.02 Å². The van der Waals surface area contributed by atoms with Crippen LogP contribution < -0.4 is 10.1 Å². The Morgan fingerprint density at radius 3 is 2.50 bits per heavy atom. The zero-order chi connectivity index (χ0) is 18.4. The molecular weight excluding hydrogens is 350 g/mol. The Morgan fingerprint density at radius 2 is 1.77 bits per heavy atom. The van der Waals surface area contributed by atoms with E-state index in [1.807, 2.05) is 41.3 Å². The highest BCUT2D eigenvalue weighted by Crippen LogP contribution is 2.21. The van der Waals surface area contributed by atoms with Crippen LogP contribution in [0.3, 0.4) is 0 Å². The fourth-order valence-electron chi connectivity index (χ4n) is 3.12. The summed E-state index contributed by atoms with van der Waals surface area (Å²) in [6.07, 6.45) is 0.940. The van der Waals surface area contributed by atoms with Crippen molar-refractivity contribution in [3.8, 4) is 5.75 Å². The van der Waals surface area contributed by atoms with E-state index in [-0.39, 0.29) is 6.03 Å². The van der Waals surface area contributed by atoms with Gasteiger partial charge in [0.05, 0.1) is 17.8 Å². The number of nitrogens with zero attached hydrogens (tertiary/aromatic N) is 2. The van der Waals surface area contributed by atoms with Crippen molar-refractivity contribution in [1.82, 2.24) is 9.80 Å². The second-order valence-electron chi connectivity index (χ2n) is 6.30. The van der Waals surface area contributed by atoms with Gasteiger partial charge in [-0.1, -0.05) is 41.9 Å². The van der Waals surface area contributed by atoms with Gasteiger partial charge in [0.25, 0.3) is 0 Å². The highest BCUT2D eigenvalue weighted by Gasteiger charge is 2.21. The Hall–Kier alpha value is -2.24. The average molecular weight is 374 g/mol. The fourth-order valence-corrected chi connectivity index (χ4v) is 3.30. The molecule has 0 spiro atoms. The maximum absolute atomic E-state index is 12.4. The summed E-state index contributed by atoms with van der Waals surface area (Å²) in [5.41, 5.74) is 1.87. The highest BCUT2D eigenvalue weighted by atomic mass is 35.5. The quantitative estimate of drug-likeness (QED) is 0.868. The molecule has 1 aliphatic rings. The lowest BCUT2D eigenvalue weighted by molar-refractivity contribution is 0.148. The van der Waals surface area contributed by atoms with Gasteiger partial charge in [-0.25, -0.2) is 4.79 Å². The number of urea groups is 1. The molecule has 2 aromatic rings. The van der Waals surface area contributed by atoms with E-state index in [0.717, 1.165) is 31.8 Å². The minimum atomic E-state index is -0.0949. The van der Waals surface area contributed by atoms with Crippen LogP contribution in [0.15, 0.2) is 48.5 Å². The number of nitrogens with one attached hydrogen (secondary N) is 1. The number of hydrogen-bond donors (Lipinski definition) is 1. The molecule has 1 N–H and O–H groups in total. The number of ether oxygens (including phenoxy) is 1. The maximum Gasteiger partial charge on any atom is 0.321 e. The summed E-state index contributed by atoms with van der Waals surface area (Å²) in [6, 6.07) is 15.3. The number of carbonyl (C=O) groups excluding carboxylic acids is 1. The summed E-state index contributed by atoms with van der Waals surface area (Å²) in [7, 11) is 1.70. The molecule has 1 heterocycles. The number of rotatable bonds is 5. The number of methoxy groups -OCH3 is 1. The van der Waals surface area contributed by atoms with E-state index in [1.165, 1.54) is 5.56 Å². The second kappa shape index (κ2) is 8.92. The van der Waals surface area contributed by atoms with Crippen molar-refractivity contribution < 1.29 is 9.53 Å². The van der Waals surface area contributed by atoms with E-state index in [1.54, 1.807) is 13.2 Å². The number of halogens is 1. The zero-order valence-electron chi connectivity index (χ0n) is 15.0. The maximum atomic E-state index is 12.4. The molecule has 1 fully saturated rings. The van der Waals surface area contributed by atoms with Gasteiger partial charge in [-0.15, -0.1) is 0 Å². The summed E-state index contributed by atoms with van der Waals surface area (Å²) >= 11 is 6.10. The molecule has 1 aliphatic heterocycles. The predicted molar refractivity (Wildman–Crippen MR) is 105 cm³/mol. The highest BCUT2D eigenvalue weighted by molar-refractivity contribution is 6.33. The molecule has 1 saturated heterocycles. The minimum absolute atomic E-state index is 0.0949. The number of hydrogen-bond acceptors (Lipinski definition) is 3. The molecule has 0 bridgehead atoms. The molecule has 26 heavy (non-hydrogen) atoms.